The van der Waals surface area contributed by atoms with Crippen LogP contribution in [0.15, 0.2) is 47.3 Å². The topological polar surface area (TPSA) is 43.6 Å². The van der Waals surface area contributed by atoms with Crippen LogP contribution >= 0.6 is 15.9 Å². The summed E-state index contributed by atoms with van der Waals surface area (Å²) >= 11 is 3.39. The van der Waals surface area contributed by atoms with Crippen LogP contribution in [0, 0.1) is 0 Å². The van der Waals surface area contributed by atoms with E-state index >= 15 is 0 Å². The third kappa shape index (κ3) is 1.86. The van der Waals surface area contributed by atoms with Crippen LogP contribution in [-0.2, 0) is 12.8 Å². The van der Waals surface area contributed by atoms with Crippen molar-refractivity contribution in [2.24, 2.45) is 0 Å². The van der Waals surface area contributed by atoms with Gasteiger partial charge in [-0.25, -0.2) is 4.98 Å². The molecule has 0 spiro atoms. The van der Waals surface area contributed by atoms with Crippen molar-refractivity contribution in [1.29, 1.82) is 0 Å². The molecule has 0 saturated heterocycles. The fourth-order valence-corrected chi connectivity index (χ4v) is 2.81. The molecule has 0 unspecified atom stereocenters. The SMILES string of the molecule is Brc1cccc(-c2nncn2-c2ccc3c(c2)CC3)n1. The van der Waals surface area contributed by atoms with E-state index in [0.717, 1.165) is 28.2 Å². The molecule has 4 rings (SSSR count). The lowest BCUT2D eigenvalue weighted by atomic mass is 9.88. The van der Waals surface area contributed by atoms with Gasteiger partial charge in [0.15, 0.2) is 5.82 Å². The molecular weight excluding hydrogens is 316 g/mol. The Morgan fingerprint density at radius 3 is 2.70 bits per heavy atom. The molecule has 0 saturated carbocycles. The van der Waals surface area contributed by atoms with E-state index in [2.05, 4.69) is 49.3 Å². The zero-order chi connectivity index (χ0) is 13.5. The third-order valence-electron chi connectivity index (χ3n) is 3.62. The summed E-state index contributed by atoms with van der Waals surface area (Å²) in [7, 11) is 0. The predicted molar refractivity (Wildman–Crippen MR) is 79.7 cm³/mol. The maximum absolute atomic E-state index is 4.45. The van der Waals surface area contributed by atoms with Gasteiger partial charge in [-0.3, -0.25) is 4.57 Å². The summed E-state index contributed by atoms with van der Waals surface area (Å²) in [5, 5.41) is 8.24. The Morgan fingerprint density at radius 1 is 1.05 bits per heavy atom. The number of aromatic nitrogens is 4. The number of hydrogen-bond acceptors (Lipinski definition) is 3. The van der Waals surface area contributed by atoms with E-state index in [9.17, 15) is 0 Å². The molecule has 20 heavy (non-hydrogen) atoms. The van der Waals surface area contributed by atoms with Gasteiger partial charge in [0.1, 0.15) is 16.6 Å². The van der Waals surface area contributed by atoms with E-state index in [1.54, 1.807) is 6.33 Å². The number of fused-ring (bicyclic) bond motifs is 1. The lowest BCUT2D eigenvalue weighted by molar-refractivity contribution is 0.834. The van der Waals surface area contributed by atoms with E-state index in [-0.39, 0.29) is 0 Å². The minimum Gasteiger partial charge on any atom is -0.280 e. The van der Waals surface area contributed by atoms with Crippen LogP contribution < -0.4 is 0 Å². The first-order valence-corrected chi connectivity index (χ1v) is 7.26. The number of pyridine rings is 1. The highest BCUT2D eigenvalue weighted by atomic mass is 79.9. The van der Waals surface area contributed by atoms with Crippen molar-refractivity contribution >= 4 is 15.9 Å². The Labute approximate surface area is 124 Å². The fourth-order valence-electron chi connectivity index (χ4n) is 2.46. The van der Waals surface area contributed by atoms with Gasteiger partial charge in [0.05, 0.1) is 0 Å². The highest BCUT2D eigenvalue weighted by Gasteiger charge is 2.16. The zero-order valence-electron chi connectivity index (χ0n) is 10.6. The fraction of sp³-hybridized carbons (Fsp3) is 0.133. The van der Waals surface area contributed by atoms with Crippen LogP contribution in [0.3, 0.4) is 0 Å². The second-order valence-corrected chi connectivity index (χ2v) is 5.64. The Kier molecular flexibility index (Phi) is 2.67. The standard InChI is InChI=1S/C15H11BrN4/c16-14-3-1-2-13(18-14)15-19-17-9-20(15)12-7-6-10-4-5-11(10)8-12/h1-3,6-9H,4-5H2. The van der Waals surface area contributed by atoms with E-state index in [1.165, 1.54) is 17.5 Å². The average molecular weight is 327 g/mol. The molecule has 0 bridgehead atoms. The minimum atomic E-state index is 0.755. The van der Waals surface area contributed by atoms with E-state index in [1.807, 2.05) is 22.8 Å². The van der Waals surface area contributed by atoms with Crippen molar-refractivity contribution in [2.45, 2.75) is 12.8 Å². The first-order chi connectivity index (χ1) is 9.81. The molecule has 1 aliphatic rings. The van der Waals surface area contributed by atoms with Gasteiger partial charge < -0.3 is 0 Å². The smallest absolute Gasteiger partial charge is 0.187 e. The molecule has 1 aromatic carbocycles. The van der Waals surface area contributed by atoms with Crippen molar-refractivity contribution in [1.82, 2.24) is 19.7 Å². The molecule has 5 heteroatoms. The summed E-state index contributed by atoms with van der Waals surface area (Å²) in [5.74, 6) is 0.755. The highest BCUT2D eigenvalue weighted by molar-refractivity contribution is 9.10. The summed E-state index contributed by atoms with van der Waals surface area (Å²) in [5.41, 5.74) is 4.76. The van der Waals surface area contributed by atoms with Crippen LogP contribution in [0.25, 0.3) is 17.2 Å². The largest absolute Gasteiger partial charge is 0.280 e. The van der Waals surface area contributed by atoms with E-state index < -0.39 is 0 Å². The summed E-state index contributed by atoms with van der Waals surface area (Å²) in [6, 6.07) is 12.3. The van der Waals surface area contributed by atoms with Gasteiger partial charge in [-0.15, -0.1) is 10.2 Å². The first-order valence-electron chi connectivity index (χ1n) is 6.46. The average Bonchev–Trinajstić information content (AvgIpc) is 2.89. The van der Waals surface area contributed by atoms with Crippen LogP contribution in [0.4, 0.5) is 0 Å². The van der Waals surface area contributed by atoms with Crippen LogP contribution in [-0.4, -0.2) is 19.7 Å². The number of nitrogens with zero attached hydrogens (tertiary/aromatic N) is 4. The highest BCUT2D eigenvalue weighted by Crippen LogP contribution is 2.27. The number of halogens is 1. The number of rotatable bonds is 2. The molecule has 3 aromatic rings. The molecule has 1 aliphatic carbocycles. The molecule has 98 valence electrons. The third-order valence-corrected chi connectivity index (χ3v) is 4.07. The number of hydrogen-bond donors (Lipinski definition) is 0. The molecule has 0 N–H and O–H groups in total. The number of benzene rings is 1. The second kappa shape index (κ2) is 4.52. The van der Waals surface area contributed by atoms with Crippen molar-refractivity contribution in [3.63, 3.8) is 0 Å². The maximum atomic E-state index is 4.45. The summed E-state index contributed by atoms with van der Waals surface area (Å²) in [4.78, 5) is 4.45. The van der Waals surface area contributed by atoms with E-state index in [0.29, 0.717) is 0 Å². The molecular formula is C15H11BrN4. The van der Waals surface area contributed by atoms with Crippen molar-refractivity contribution in [2.75, 3.05) is 0 Å². The Morgan fingerprint density at radius 2 is 1.95 bits per heavy atom. The normalized spacial score (nSPS) is 12.8. The summed E-state index contributed by atoms with van der Waals surface area (Å²) < 4.78 is 2.77. The molecule has 4 nitrogen and oxygen atoms in total. The second-order valence-electron chi connectivity index (χ2n) is 4.82. The zero-order valence-corrected chi connectivity index (χ0v) is 12.2. The van der Waals surface area contributed by atoms with Gasteiger partial charge in [0, 0.05) is 5.69 Å². The molecule has 0 aliphatic heterocycles. The molecule has 0 atom stereocenters. The van der Waals surface area contributed by atoms with Crippen molar-refractivity contribution < 1.29 is 0 Å². The lowest BCUT2D eigenvalue weighted by Gasteiger charge is -2.19. The van der Waals surface area contributed by atoms with Crippen molar-refractivity contribution in [3.05, 3.63) is 58.5 Å². The predicted octanol–water partition coefficient (Wildman–Crippen LogP) is 3.19. The maximum Gasteiger partial charge on any atom is 0.187 e. The minimum absolute atomic E-state index is 0.755. The van der Waals surface area contributed by atoms with Gasteiger partial charge in [0.25, 0.3) is 0 Å². The van der Waals surface area contributed by atoms with Crippen molar-refractivity contribution in [3.8, 4) is 17.2 Å². The van der Waals surface area contributed by atoms with Gasteiger partial charge in [-0.05, 0) is 64.2 Å². The molecule has 2 aromatic heterocycles. The molecule has 0 fully saturated rings. The molecule has 0 radical (unpaired) electrons. The van der Waals surface area contributed by atoms with Gasteiger partial charge >= 0.3 is 0 Å². The lowest BCUT2D eigenvalue weighted by Crippen LogP contribution is -2.09. The molecule has 0 amide bonds. The number of aryl methyl sites for hydroxylation is 2. The van der Waals surface area contributed by atoms with Gasteiger partial charge in [-0.2, -0.15) is 0 Å². The van der Waals surface area contributed by atoms with Crippen LogP contribution in [0.2, 0.25) is 0 Å². The van der Waals surface area contributed by atoms with Gasteiger partial charge in [-0.1, -0.05) is 12.1 Å². The Bertz CT molecular complexity index is 794. The quantitative estimate of drug-likeness (QED) is 0.679. The Hall–Kier alpha value is -2.01. The van der Waals surface area contributed by atoms with Crippen LogP contribution in [0.1, 0.15) is 11.1 Å². The summed E-state index contributed by atoms with van der Waals surface area (Å²) in [6.07, 6.45) is 4.09. The van der Waals surface area contributed by atoms with Gasteiger partial charge in [0.2, 0.25) is 0 Å². The first kappa shape index (κ1) is 11.8. The molecule has 2 heterocycles. The summed E-state index contributed by atoms with van der Waals surface area (Å²) in [6.45, 7) is 0. The van der Waals surface area contributed by atoms with E-state index in [4.69, 9.17) is 0 Å². The Balaban J connectivity index is 1.83. The van der Waals surface area contributed by atoms with Crippen LogP contribution in [0.5, 0.6) is 0 Å². The monoisotopic (exact) mass is 326 g/mol.